The van der Waals surface area contributed by atoms with E-state index in [1.54, 1.807) is 10.7 Å². The van der Waals surface area contributed by atoms with E-state index in [0.717, 1.165) is 18.9 Å². The van der Waals surface area contributed by atoms with E-state index in [0.29, 0.717) is 24.4 Å². The van der Waals surface area contributed by atoms with Crippen LogP contribution in [0.15, 0.2) is 18.5 Å². The van der Waals surface area contributed by atoms with Crippen LogP contribution < -0.4 is 10.6 Å². The van der Waals surface area contributed by atoms with Crippen LogP contribution in [0.5, 0.6) is 0 Å². The van der Waals surface area contributed by atoms with E-state index >= 15 is 0 Å². The maximum atomic E-state index is 11.3. The average Bonchev–Trinajstić information content (AvgIpc) is 2.82. The lowest BCUT2D eigenvalue weighted by atomic mass is 10.3. The molecule has 7 nitrogen and oxygen atoms in total. The number of carbonyl (C=O) groups excluding carboxylic acids is 1. The first-order valence-corrected chi connectivity index (χ1v) is 5.72. The van der Waals surface area contributed by atoms with Gasteiger partial charge in [0.1, 0.15) is 11.4 Å². The fourth-order valence-corrected chi connectivity index (χ4v) is 2.00. The van der Waals surface area contributed by atoms with Crippen molar-refractivity contribution < 1.29 is 9.53 Å². The number of fused-ring (bicyclic) bond motifs is 1. The van der Waals surface area contributed by atoms with Gasteiger partial charge in [0.05, 0.1) is 19.4 Å². The zero-order chi connectivity index (χ0) is 12.5. The molecule has 0 radical (unpaired) electrons. The zero-order valence-corrected chi connectivity index (χ0v) is 11.0. The van der Waals surface area contributed by atoms with Crippen LogP contribution in [0.2, 0.25) is 0 Å². The molecule has 3 rings (SSSR count). The summed E-state index contributed by atoms with van der Waals surface area (Å²) in [5.74, 6) is 0.297. The fourth-order valence-electron chi connectivity index (χ4n) is 2.00. The van der Waals surface area contributed by atoms with Gasteiger partial charge in [-0.3, -0.25) is 4.79 Å². The van der Waals surface area contributed by atoms with Gasteiger partial charge in [0.2, 0.25) is 0 Å². The number of carbonyl (C=O) groups is 1. The minimum absolute atomic E-state index is 0. The van der Waals surface area contributed by atoms with E-state index < -0.39 is 5.91 Å². The molecule has 0 atom stereocenters. The molecule has 2 N–H and O–H groups in total. The van der Waals surface area contributed by atoms with Crippen LogP contribution in [0.4, 0.5) is 5.82 Å². The quantitative estimate of drug-likeness (QED) is 0.844. The summed E-state index contributed by atoms with van der Waals surface area (Å²) in [7, 11) is 0. The monoisotopic (exact) mass is 283 g/mol. The van der Waals surface area contributed by atoms with Gasteiger partial charge in [0, 0.05) is 19.3 Å². The number of morpholine rings is 1. The third kappa shape index (κ3) is 2.47. The van der Waals surface area contributed by atoms with Gasteiger partial charge >= 0.3 is 0 Å². The number of primary amides is 1. The van der Waals surface area contributed by atoms with Gasteiger partial charge < -0.3 is 15.4 Å². The standard InChI is InChI=1S/C11H13N5O2.ClH/c12-10(17)8-7-13-16-2-1-9(14-11(8)16)15-3-5-18-6-4-15;/h1-2,7H,3-6H2,(H2,12,17);1H. The number of hydrogen-bond donors (Lipinski definition) is 1. The minimum atomic E-state index is -0.517. The molecule has 8 heteroatoms. The van der Waals surface area contributed by atoms with Gasteiger partial charge in [-0.2, -0.15) is 5.10 Å². The lowest BCUT2D eigenvalue weighted by molar-refractivity contribution is 0.100. The second-order valence-electron chi connectivity index (χ2n) is 4.08. The molecular formula is C11H14ClN5O2. The summed E-state index contributed by atoms with van der Waals surface area (Å²) >= 11 is 0. The van der Waals surface area contributed by atoms with Gasteiger partial charge in [0.25, 0.3) is 5.91 Å². The number of ether oxygens (including phenoxy) is 1. The number of halogens is 1. The number of nitrogens with two attached hydrogens (primary N) is 1. The van der Waals surface area contributed by atoms with Crippen molar-refractivity contribution in [3.8, 4) is 0 Å². The van der Waals surface area contributed by atoms with Crippen LogP contribution in [-0.4, -0.2) is 46.8 Å². The summed E-state index contributed by atoms with van der Waals surface area (Å²) in [5, 5.41) is 4.04. The fraction of sp³-hybridized carbons (Fsp3) is 0.364. The molecule has 1 fully saturated rings. The van der Waals surface area contributed by atoms with Crippen LogP contribution in [0.25, 0.3) is 5.65 Å². The average molecular weight is 284 g/mol. The predicted octanol–water partition coefficient (Wildman–Crippen LogP) is 0.0866. The van der Waals surface area contributed by atoms with Crippen molar-refractivity contribution in [1.29, 1.82) is 0 Å². The Morgan fingerprint density at radius 1 is 1.37 bits per heavy atom. The lowest BCUT2D eigenvalue weighted by Gasteiger charge is -2.27. The maximum Gasteiger partial charge on any atom is 0.254 e. The summed E-state index contributed by atoms with van der Waals surface area (Å²) < 4.78 is 6.84. The molecule has 3 heterocycles. The molecule has 1 aliphatic rings. The van der Waals surface area contributed by atoms with E-state index in [2.05, 4.69) is 15.0 Å². The van der Waals surface area contributed by atoms with Crippen molar-refractivity contribution in [2.24, 2.45) is 5.73 Å². The summed E-state index contributed by atoms with van der Waals surface area (Å²) in [4.78, 5) is 17.8. The Hall–Kier alpha value is -1.86. The molecular weight excluding hydrogens is 270 g/mol. The highest BCUT2D eigenvalue weighted by molar-refractivity contribution is 5.98. The number of anilines is 1. The lowest BCUT2D eigenvalue weighted by Crippen LogP contribution is -2.36. The first-order chi connectivity index (χ1) is 8.75. The molecule has 0 aliphatic carbocycles. The Labute approximate surface area is 115 Å². The van der Waals surface area contributed by atoms with Crippen molar-refractivity contribution in [1.82, 2.24) is 14.6 Å². The summed E-state index contributed by atoms with van der Waals surface area (Å²) in [6.45, 7) is 2.97. The SMILES string of the molecule is Cl.NC(=O)c1cnn2ccc(N3CCOCC3)nc12. The van der Waals surface area contributed by atoms with Crippen LogP contribution in [-0.2, 0) is 4.74 Å². The highest BCUT2D eigenvalue weighted by Gasteiger charge is 2.16. The van der Waals surface area contributed by atoms with Crippen molar-refractivity contribution in [3.63, 3.8) is 0 Å². The molecule has 19 heavy (non-hydrogen) atoms. The van der Waals surface area contributed by atoms with Crippen LogP contribution in [0, 0.1) is 0 Å². The third-order valence-electron chi connectivity index (χ3n) is 2.95. The first-order valence-electron chi connectivity index (χ1n) is 5.72. The van der Waals surface area contributed by atoms with Gasteiger partial charge in [-0.1, -0.05) is 0 Å². The molecule has 102 valence electrons. The number of amides is 1. The molecule has 1 saturated heterocycles. The molecule has 0 bridgehead atoms. The van der Waals surface area contributed by atoms with Crippen molar-refractivity contribution >= 4 is 29.8 Å². The Morgan fingerprint density at radius 2 is 2.11 bits per heavy atom. The third-order valence-corrected chi connectivity index (χ3v) is 2.95. The molecule has 1 amide bonds. The number of nitrogens with zero attached hydrogens (tertiary/aromatic N) is 4. The normalized spacial score (nSPS) is 15.3. The smallest absolute Gasteiger partial charge is 0.254 e. The van der Waals surface area contributed by atoms with Crippen molar-refractivity contribution in [2.75, 3.05) is 31.2 Å². The molecule has 0 aromatic carbocycles. The maximum absolute atomic E-state index is 11.3. The Balaban J connectivity index is 0.00000133. The van der Waals surface area contributed by atoms with E-state index in [4.69, 9.17) is 10.5 Å². The van der Waals surface area contributed by atoms with Gasteiger partial charge in [0.15, 0.2) is 5.65 Å². The van der Waals surface area contributed by atoms with E-state index in [-0.39, 0.29) is 12.4 Å². The number of rotatable bonds is 2. The molecule has 2 aromatic rings. The largest absolute Gasteiger partial charge is 0.378 e. The highest BCUT2D eigenvalue weighted by atomic mass is 35.5. The Kier molecular flexibility index (Phi) is 3.87. The zero-order valence-electron chi connectivity index (χ0n) is 10.2. The molecule has 0 spiro atoms. The van der Waals surface area contributed by atoms with Gasteiger partial charge in [-0.15, -0.1) is 12.4 Å². The molecule has 2 aromatic heterocycles. The minimum Gasteiger partial charge on any atom is -0.378 e. The first kappa shape index (κ1) is 13.6. The summed E-state index contributed by atoms with van der Waals surface area (Å²) in [6.07, 6.45) is 3.22. The Morgan fingerprint density at radius 3 is 2.79 bits per heavy atom. The second kappa shape index (κ2) is 5.41. The number of aromatic nitrogens is 3. The van der Waals surface area contributed by atoms with Crippen molar-refractivity contribution in [3.05, 3.63) is 24.0 Å². The van der Waals surface area contributed by atoms with Crippen molar-refractivity contribution in [2.45, 2.75) is 0 Å². The van der Waals surface area contributed by atoms with E-state index in [9.17, 15) is 4.79 Å². The summed E-state index contributed by atoms with van der Waals surface area (Å²) in [5.41, 5.74) is 6.12. The summed E-state index contributed by atoms with van der Waals surface area (Å²) in [6, 6.07) is 1.87. The molecule has 1 aliphatic heterocycles. The van der Waals surface area contributed by atoms with Crippen LogP contribution in [0.3, 0.4) is 0 Å². The molecule has 0 saturated carbocycles. The predicted molar refractivity (Wildman–Crippen MR) is 71.8 cm³/mol. The van der Waals surface area contributed by atoms with Crippen LogP contribution >= 0.6 is 12.4 Å². The van der Waals surface area contributed by atoms with E-state index in [1.165, 1.54) is 6.20 Å². The topological polar surface area (TPSA) is 85.8 Å². The van der Waals surface area contributed by atoms with E-state index in [1.807, 2.05) is 6.07 Å². The highest BCUT2D eigenvalue weighted by Crippen LogP contribution is 2.15. The second-order valence-corrected chi connectivity index (χ2v) is 4.08. The van der Waals surface area contributed by atoms with Gasteiger partial charge in [-0.25, -0.2) is 9.50 Å². The van der Waals surface area contributed by atoms with Crippen LogP contribution in [0.1, 0.15) is 10.4 Å². The number of hydrogen-bond acceptors (Lipinski definition) is 5. The van der Waals surface area contributed by atoms with Gasteiger partial charge in [-0.05, 0) is 6.07 Å². The molecule has 0 unspecified atom stereocenters. The Bertz CT molecular complexity index is 594.